The Bertz CT molecular complexity index is 93.8. The van der Waals surface area contributed by atoms with Crippen molar-refractivity contribution in [2.75, 3.05) is 0 Å². The first kappa shape index (κ1) is 9.47. The zero-order valence-corrected chi connectivity index (χ0v) is 7.18. The largest absolute Gasteiger partial charge is 0.463 e. The van der Waals surface area contributed by atoms with Crippen LogP contribution in [0.5, 0.6) is 0 Å². The molecule has 0 amide bonds. The third kappa shape index (κ3) is 5.60. The van der Waals surface area contributed by atoms with Crippen molar-refractivity contribution in [3.63, 3.8) is 0 Å². The lowest BCUT2D eigenvalue weighted by Crippen LogP contribution is -2.12. The fourth-order valence-corrected chi connectivity index (χ4v) is 0.644. The van der Waals surface area contributed by atoms with Crippen molar-refractivity contribution in [1.29, 1.82) is 0 Å². The maximum absolute atomic E-state index is 10.8. The normalized spacial score (nSPS) is 10.6. The van der Waals surface area contributed by atoms with Gasteiger partial charge >= 0.3 is 5.97 Å². The average molecular weight is 144 g/mol. The molecule has 0 atom stereocenters. The first-order valence-electron chi connectivity index (χ1n) is 3.72. The lowest BCUT2D eigenvalue weighted by molar-refractivity contribution is -0.148. The van der Waals surface area contributed by atoms with Crippen LogP contribution in [-0.4, -0.2) is 12.1 Å². The van der Waals surface area contributed by atoms with Crippen molar-refractivity contribution in [2.24, 2.45) is 5.92 Å². The van der Waals surface area contributed by atoms with Crippen LogP contribution in [0.25, 0.3) is 0 Å². The molecule has 60 valence electrons. The molecule has 0 rings (SSSR count). The molecule has 0 saturated carbocycles. The molecule has 0 fully saturated rings. The molecule has 0 spiro atoms. The summed E-state index contributed by atoms with van der Waals surface area (Å²) in [5, 5.41) is 0. The highest BCUT2D eigenvalue weighted by atomic mass is 16.5. The topological polar surface area (TPSA) is 26.3 Å². The summed E-state index contributed by atoms with van der Waals surface area (Å²) in [6.45, 7) is 7.72. The van der Waals surface area contributed by atoms with E-state index in [2.05, 4.69) is 0 Å². The van der Waals surface area contributed by atoms with Gasteiger partial charge in [0, 0.05) is 6.42 Å². The predicted octanol–water partition coefficient (Wildman–Crippen LogP) is 1.98. The quantitative estimate of drug-likeness (QED) is 0.566. The van der Waals surface area contributed by atoms with Crippen molar-refractivity contribution in [1.82, 2.24) is 0 Å². The van der Waals surface area contributed by atoms with Gasteiger partial charge in [-0.05, 0) is 19.8 Å². The smallest absolute Gasteiger partial charge is 0.306 e. The minimum atomic E-state index is -0.0926. The molecule has 0 unspecified atom stereocenters. The van der Waals surface area contributed by atoms with E-state index in [1.807, 2.05) is 27.7 Å². The van der Waals surface area contributed by atoms with Gasteiger partial charge in [-0.2, -0.15) is 0 Å². The maximum atomic E-state index is 10.8. The fourth-order valence-electron chi connectivity index (χ4n) is 0.644. The summed E-state index contributed by atoms with van der Waals surface area (Å²) in [6.07, 6.45) is 0.546. The van der Waals surface area contributed by atoms with Gasteiger partial charge in [-0.1, -0.05) is 13.8 Å². The highest BCUT2D eigenvalue weighted by Crippen LogP contribution is 2.02. The summed E-state index contributed by atoms with van der Waals surface area (Å²) in [5.74, 6) is 0.302. The molecule has 0 heterocycles. The predicted molar refractivity (Wildman–Crippen MR) is 40.7 cm³/mol. The minimum Gasteiger partial charge on any atom is -0.463 e. The van der Waals surface area contributed by atoms with E-state index in [-0.39, 0.29) is 12.1 Å². The molecule has 0 bridgehead atoms. The van der Waals surface area contributed by atoms with Gasteiger partial charge in [-0.15, -0.1) is 0 Å². The minimum absolute atomic E-state index is 0.0197. The number of ether oxygens (including phenoxy) is 1. The Hall–Kier alpha value is -0.530. The van der Waals surface area contributed by atoms with E-state index in [0.29, 0.717) is 12.3 Å². The van der Waals surface area contributed by atoms with Gasteiger partial charge in [0.25, 0.3) is 0 Å². The van der Waals surface area contributed by atoms with Gasteiger partial charge in [0.15, 0.2) is 0 Å². The molecule has 0 saturated heterocycles. The summed E-state index contributed by atoms with van der Waals surface area (Å²) in [4.78, 5) is 10.8. The number of rotatable bonds is 3. The lowest BCUT2D eigenvalue weighted by atomic mass is 10.1. The van der Waals surface area contributed by atoms with E-state index in [9.17, 15) is 4.79 Å². The molecule has 0 radical (unpaired) electrons. The van der Waals surface area contributed by atoms with E-state index >= 15 is 0 Å². The van der Waals surface area contributed by atoms with Crippen LogP contribution in [0.3, 0.4) is 0 Å². The summed E-state index contributed by atoms with van der Waals surface area (Å²) >= 11 is 0. The first-order chi connectivity index (χ1) is 4.52. The van der Waals surface area contributed by atoms with E-state index in [1.54, 1.807) is 0 Å². The van der Waals surface area contributed by atoms with Crippen LogP contribution < -0.4 is 0 Å². The Morgan fingerprint density at radius 3 is 2.10 bits per heavy atom. The van der Waals surface area contributed by atoms with Crippen molar-refractivity contribution >= 4 is 5.97 Å². The standard InChI is InChI=1S/C8H16O2/c1-6(2)5-8(9)10-7(3)4/h6-7H,5H2,1-4H3. The molecular weight excluding hydrogens is 128 g/mol. The average Bonchev–Trinajstić information content (AvgIpc) is 1.58. The van der Waals surface area contributed by atoms with Gasteiger partial charge < -0.3 is 4.74 Å². The monoisotopic (exact) mass is 144 g/mol. The molecule has 0 aromatic heterocycles. The third-order valence-corrected chi connectivity index (χ3v) is 0.942. The molecule has 0 aromatic carbocycles. The SMILES string of the molecule is CC(C)CC(=O)OC(C)C. The maximum Gasteiger partial charge on any atom is 0.306 e. The third-order valence-electron chi connectivity index (χ3n) is 0.942. The molecule has 0 N–H and O–H groups in total. The van der Waals surface area contributed by atoms with Crippen LogP contribution in [0.4, 0.5) is 0 Å². The van der Waals surface area contributed by atoms with Crippen LogP contribution in [0, 0.1) is 5.92 Å². The highest BCUT2D eigenvalue weighted by molar-refractivity contribution is 5.69. The van der Waals surface area contributed by atoms with E-state index in [4.69, 9.17) is 4.74 Å². The molecule has 0 aliphatic rings. The summed E-state index contributed by atoms with van der Waals surface area (Å²) < 4.78 is 4.92. The van der Waals surface area contributed by atoms with E-state index in [0.717, 1.165) is 0 Å². The van der Waals surface area contributed by atoms with Gasteiger partial charge in [0.1, 0.15) is 0 Å². The van der Waals surface area contributed by atoms with Crippen molar-refractivity contribution in [3.8, 4) is 0 Å². The highest BCUT2D eigenvalue weighted by Gasteiger charge is 2.06. The Morgan fingerprint density at radius 1 is 1.30 bits per heavy atom. The lowest BCUT2D eigenvalue weighted by Gasteiger charge is -2.08. The summed E-state index contributed by atoms with van der Waals surface area (Å²) in [7, 11) is 0. The molecule has 0 aliphatic heterocycles. The zero-order valence-electron chi connectivity index (χ0n) is 7.18. The van der Waals surface area contributed by atoms with Gasteiger partial charge in [0.05, 0.1) is 6.10 Å². The second-order valence-electron chi connectivity index (χ2n) is 3.14. The van der Waals surface area contributed by atoms with Gasteiger partial charge in [-0.3, -0.25) is 4.79 Å². The van der Waals surface area contributed by atoms with Crippen LogP contribution in [0.15, 0.2) is 0 Å². The van der Waals surface area contributed by atoms with Crippen molar-refractivity contribution in [2.45, 2.75) is 40.2 Å². The van der Waals surface area contributed by atoms with E-state index in [1.165, 1.54) is 0 Å². The van der Waals surface area contributed by atoms with E-state index < -0.39 is 0 Å². The number of hydrogen-bond acceptors (Lipinski definition) is 2. The molecule has 2 nitrogen and oxygen atoms in total. The number of esters is 1. The van der Waals surface area contributed by atoms with Crippen LogP contribution >= 0.6 is 0 Å². The number of hydrogen-bond donors (Lipinski definition) is 0. The van der Waals surface area contributed by atoms with Crippen molar-refractivity contribution in [3.05, 3.63) is 0 Å². The van der Waals surface area contributed by atoms with Crippen molar-refractivity contribution < 1.29 is 9.53 Å². The second-order valence-corrected chi connectivity index (χ2v) is 3.14. The summed E-state index contributed by atoms with van der Waals surface area (Å²) in [5.41, 5.74) is 0. The molecule has 0 aromatic rings. The second kappa shape index (κ2) is 4.31. The van der Waals surface area contributed by atoms with Crippen LogP contribution in [0.1, 0.15) is 34.1 Å². The first-order valence-corrected chi connectivity index (χ1v) is 3.72. The Kier molecular flexibility index (Phi) is 4.08. The van der Waals surface area contributed by atoms with Crippen LogP contribution in [0.2, 0.25) is 0 Å². The molecule has 2 heteroatoms. The van der Waals surface area contributed by atoms with Crippen LogP contribution in [-0.2, 0) is 9.53 Å². The fraction of sp³-hybridized carbons (Fsp3) is 0.875. The molecular formula is C8H16O2. The number of carbonyl (C=O) groups is 1. The Morgan fingerprint density at radius 2 is 1.80 bits per heavy atom. The number of carbonyl (C=O) groups excluding carboxylic acids is 1. The molecule has 10 heavy (non-hydrogen) atoms. The zero-order chi connectivity index (χ0) is 8.15. The Balaban J connectivity index is 3.44. The van der Waals surface area contributed by atoms with Gasteiger partial charge in [0.2, 0.25) is 0 Å². The van der Waals surface area contributed by atoms with Gasteiger partial charge in [-0.25, -0.2) is 0 Å². The Labute approximate surface area is 62.6 Å². The molecule has 0 aliphatic carbocycles. The summed E-state index contributed by atoms with van der Waals surface area (Å²) in [6, 6.07) is 0.